The van der Waals surface area contributed by atoms with Gasteiger partial charge >= 0.3 is 23.6 Å². The molecule has 0 radical (unpaired) electrons. The van der Waals surface area contributed by atoms with Crippen LogP contribution >= 0.6 is 35.0 Å². The van der Waals surface area contributed by atoms with Crippen molar-refractivity contribution in [2.45, 2.75) is 74.1 Å². The van der Waals surface area contributed by atoms with Gasteiger partial charge in [0.1, 0.15) is 34.1 Å². The van der Waals surface area contributed by atoms with Gasteiger partial charge in [0.25, 0.3) is 0 Å². The Labute approximate surface area is 345 Å². The van der Waals surface area contributed by atoms with Gasteiger partial charge in [-0.25, -0.2) is 14.4 Å². The fraction of sp³-hybridized carbons (Fsp3) is 0.349. The maximum Gasteiger partial charge on any atom is 0.344 e. The highest BCUT2D eigenvalue weighted by atomic mass is 31.1. The first-order valence-electron chi connectivity index (χ1n) is 17.3. The Kier molecular flexibility index (Phi) is 20.5. The van der Waals surface area contributed by atoms with Crippen molar-refractivity contribution in [3.8, 4) is 23.0 Å². The molecule has 310 valence electrons. The van der Waals surface area contributed by atoms with E-state index in [1.54, 1.807) is 37.6 Å². The zero-order valence-corrected chi connectivity index (χ0v) is 37.0. The lowest BCUT2D eigenvalue weighted by Gasteiger charge is -2.29. The number of phenolic OH excluding ortho intramolecular Hbond substituents is 1. The number of rotatable bonds is 13. The fourth-order valence-electron chi connectivity index (χ4n) is 6.25. The molecule has 4 aromatic rings. The van der Waals surface area contributed by atoms with E-state index < -0.39 is 11.4 Å². The third-order valence-corrected chi connectivity index (χ3v) is 10.8. The van der Waals surface area contributed by atoms with Crippen molar-refractivity contribution in [1.82, 2.24) is 0 Å². The van der Waals surface area contributed by atoms with Gasteiger partial charge in [0, 0.05) is 17.8 Å². The molecule has 0 amide bonds. The molecule has 0 saturated carbocycles. The van der Waals surface area contributed by atoms with Gasteiger partial charge in [-0.15, -0.1) is 0 Å². The molecule has 1 N–H and O–H groups in total. The van der Waals surface area contributed by atoms with Crippen molar-refractivity contribution in [3.63, 3.8) is 0 Å². The minimum atomic E-state index is -0.522. The molecule has 57 heavy (non-hydrogen) atoms. The van der Waals surface area contributed by atoms with Crippen LogP contribution in [0.25, 0.3) is 0 Å². The lowest BCUT2D eigenvalue weighted by molar-refractivity contribution is -0.131. The van der Waals surface area contributed by atoms with Gasteiger partial charge in [-0.3, -0.25) is 4.79 Å². The van der Waals surface area contributed by atoms with E-state index >= 15 is 0 Å². The maximum absolute atomic E-state index is 12.6. The van der Waals surface area contributed by atoms with Gasteiger partial charge in [0.15, 0.2) is 0 Å². The second-order valence-electron chi connectivity index (χ2n) is 13.3. The summed E-state index contributed by atoms with van der Waals surface area (Å²) < 4.78 is 26.4. The molecule has 4 atom stereocenters. The Morgan fingerprint density at radius 3 is 1.42 bits per heavy atom. The average Bonchev–Trinajstić information content (AvgIpc) is 3.12. The van der Waals surface area contributed by atoms with Crippen LogP contribution in [-0.2, 0) is 24.7 Å². The molecular formula is C43H58O10P4. The van der Waals surface area contributed by atoms with Crippen LogP contribution in [0, 0.1) is 13.8 Å². The van der Waals surface area contributed by atoms with Gasteiger partial charge < -0.3 is 28.2 Å². The molecule has 0 fully saturated rings. The monoisotopic (exact) mass is 858 g/mol. The highest BCUT2D eigenvalue weighted by Gasteiger charge is 2.31. The van der Waals surface area contributed by atoms with Gasteiger partial charge in [-0.2, -0.15) is 0 Å². The minimum Gasteiger partial charge on any atom is -0.507 e. The number of esters is 1. The average molecular weight is 859 g/mol. The highest BCUT2D eigenvalue weighted by Crippen LogP contribution is 2.40. The van der Waals surface area contributed by atoms with Crippen molar-refractivity contribution >= 4 is 58.6 Å². The number of hydrogen-bond acceptors (Lipinski definition) is 10. The molecular weight excluding hydrogens is 800 g/mol. The molecule has 0 aliphatic carbocycles. The summed E-state index contributed by atoms with van der Waals surface area (Å²) in [5.74, 6) is 0.231. The summed E-state index contributed by atoms with van der Waals surface area (Å²) in [5, 5.41) is 10.1. The van der Waals surface area contributed by atoms with Crippen molar-refractivity contribution in [3.05, 3.63) is 117 Å². The lowest BCUT2D eigenvalue weighted by Crippen LogP contribution is -2.22. The molecule has 0 aromatic heterocycles. The molecule has 10 nitrogen and oxygen atoms in total. The number of carbonyl (C=O) groups is 4. The Balaban J connectivity index is 0.000000551. The standard InChI is InChI=1S/C21H26O5P2.C20H24O5P2.2CH4/c1-13-17(11-12-18(25-27-5)19(13)20(23)26-28-6)21(3,4)15-7-9-16(10-8-15)24-14(2)22;1-12-15(10-11-16(21)17(12)18(22)25-27-5)20(2,3)13-6-8-14(9-7-13)24-19(23)26-4;;/h7-12,27-28H,1-6H3;6-11,21,26-27H,1-5H3;2*1H4. The van der Waals surface area contributed by atoms with Crippen molar-refractivity contribution in [2.24, 2.45) is 0 Å². The smallest absolute Gasteiger partial charge is 0.344 e. The quantitative estimate of drug-likeness (QED) is 0.0786. The van der Waals surface area contributed by atoms with E-state index in [4.69, 9.17) is 23.0 Å². The third kappa shape index (κ3) is 12.8. The second-order valence-corrected chi connectivity index (χ2v) is 16.0. The summed E-state index contributed by atoms with van der Waals surface area (Å²) in [6, 6.07) is 21.9. The highest BCUT2D eigenvalue weighted by molar-refractivity contribution is 7.56. The van der Waals surface area contributed by atoms with Crippen LogP contribution < -0.4 is 14.0 Å². The van der Waals surface area contributed by atoms with E-state index in [0.29, 0.717) is 28.4 Å². The summed E-state index contributed by atoms with van der Waals surface area (Å²) in [5.41, 5.74) is 5.08. The number of benzene rings is 4. The second kappa shape index (κ2) is 22.9. The van der Waals surface area contributed by atoms with E-state index in [2.05, 4.69) is 13.8 Å². The predicted molar refractivity (Wildman–Crippen MR) is 240 cm³/mol. The molecule has 0 aliphatic heterocycles. The Bertz CT molecular complexity index is 1990. The zero-order valence-electron chi connectivity index (χ0n) is 33.0. The van der Waals surface area contributed by atoms with Crippen molar-refractivity contribution in [2.75, 3.05) is 26.7 Å². The van der Waals surface area contributed by atoms with Crippen LogP contribution in [0.15, 0.2) is 72.8 Å². The summed E-state index contributed by atoms with van der Waals surface area (Å²) in [6.07, 6.45) is 0. The van der Waals surface area contributed by atoms with E-state index in [-0.39, 0.29) is 84.2 Å². The number of phenols is 1. The van der Waals surface area contributed by atoms with Crippen LogP contribution in [-0.4, -0.2) is 55.4 Å². The molecule has 0 bridgehead atoms. The van der Waals surface area contributed by atoms with Crippen molar-refractivity contribution < 1.29 is 47.3 Å². The molecule has 4 unspecified atom stereocenters. The SMILES string of the molecule is C.C.CPOC(=O)c1c(O)ccc(C(C)(C)c2ccc(OC(=O)PC)cc2)c1C.CPOC(=O)c1c(OPC)ccc(C(C)(C)c2ccc(OC(C)=O)cc2)c1C. The van der Waals surface area contributed by atoms with Gasteiger partial charge in [0.2, 0.25) is 0 Å². The van der Waals surface area contributed by atoms with Crippen LogP contribution in [0.4, 0.5) is 4.79 Å². The van der Waals surface area contributed by atoms with E-state index in [0.717, 1.165) is 27.8 Å². The first-order valence-corrected chi connectivity index (χ1v) is 23.0. The van der Waals surface area contributed by atoms with Crippen LogP contribution in [0.1, 0.15) is 104 Å². The Hall–Kier alpha value is -3.92. The van der Waals surface area contributed by atoms with E-state index in [9.17, 15) is 24.3 Å². The van der Waals surface area contributed by atoms with Crippen LogP contribution in [0.3, 0.4) is 0 Å². The number of ether oxygens (including phenoxy) is 2. The molecule has 0 spiro atoms. The molecule has 0 aliphatic rings. The van der Waals surface area contributed by atoms with Gasteiger partial charge in [-0.1, -0.05) is 78.9 Å². The van der Waals surface area contributed by atoms with E-state index in [1.165, 1.54) is 13.0 Å². The fourth-order valence-corrected chi connectivity index (χ4v) is 7.43. The first-order chi connectivity index (χ1) is 25.9. The minimum absolute atomic E-state index is 0. The largest absolute Gasteiger partial charge is 0.507 e. The van der Waals surface area contributed by atoms with Gasteiger partial charge in [0.05, 0.1) is 26.4 Å². The predicted octanol–water partition coefficient (Wildman–Crippen LogP) is 11.7. The van der Waals surface area contributed by atoms with Crippen LogP contribution in [0.5, 0.6) is 23.0 Å². The third-order valence-electron chi connectivity index (χ3n) is 9.05. The van der Waals surface area contributed by atoms with Crippen LogP contribution in [0.2, 0.25) is 0 Å². The van der Waals surface area contributed by atoms with E-state index in [1.807, 2.05) is 83.5 Å². The zero-order chi connectivity index (χ0) is 41.1. The van der Waals surface area contributed by atoms with Crippen molar-refractivity contribution in [1.29, 1.82) is 0 Å². The number of aromatic hydroxyl groups is 1. The molecule has 0 heterocycles. The Morgan fingerprint density at radius 2 is 1.00 bits per heavy atom. The number of hydrogen-bond donors (Lipinski definition) is 1. The Morgan fingerprint density at radius 1 is 0.579 bits per heavy atom. The normalized spacial score (nSPS) is 11.6. The topological polar surface area (TPSA) is 135 Å². The van der Waals surface area contributed by atoms with Gasteiger partial charge in [-0.05, 0) is 119 Å². The lowest BCUT2D eigenvalue weighted by atomic mass is 9.75. The molecule has 4 aromatic carbocycles. The molecule has 14 heteroatoms. The molecule has 4 rings (SSSR count). The molecule has 0 saturated heterocycles. The first kappa shape index (κ1) is 51.1. The summed E-state index contributed by atoms with van der Waals surface area (Å²) in [6.45, 7) is 20.6. The summed E-state index contributed by atoms with van der Waals surface area (Å²) in [4.78, 5) is 47.4. The summed E-state index contributed by atoms with van der Waals surface area (Å²) in [7, 11) is 0.388. The maximum atomic E-state index is 12.6. The summed E-state index contributed by atoms with van der Waals surface area (Å²) >= 11 is 0. The number of carbonyl (C=O) groups excluding carboxylic acids is 4.